The van der Waals surface area contributed by atoms with Crippen molar-refractivity contribution in [1.82, 2.24) is 24.3 Å². The molecule has 206 valence electrons. The molecule has 12 heteroatoms. The molecule has 1 amide bonds. The van der Waals surface area contributed by atoms with E-state index >= 15 is 0 Å². The number of hydrogen-bond acceptors (Lipinski definition) is 9. The van der Waals surface area contributed by atoms with Gasteiger partial charge in [0.05, 0.1) is 29.5 Å². The molecule has 0 spiro atoms. The van der Waals surface area contributed by atoms with E-state index in [2.05, 4.69) is 21.4 Å². The second kappa shape index (κ2) is 11.1. The summed E-state index contributed by atoms with van der Waals surface area (Å²) in [5, 5.41) is 13.8. The van der Waals surface area contributed by atoms with Crippen molar-refractivity contribution in [3.63, 3.8) is 0 Å². The number of nitriles is 1. The SMILES string of the molecule is CCOC(=O)c1nc2c(NCC3(C#N)CCN(C(=O)OC(C)(C)C)CC3)nc(-c3ccnc(Cl)c3)cn2c1C. The van der Waals surface area contributed by atoms with Crippen LogP contribution in [0, 0.1) is 23.7 Å². The zero-order valence-corrected chi connectivity index (χ0v) is 23.5. The highest BCUT2D eigenvalue weighted by Crippen LogP contribution is 2.33. The van der Waals surface area contributed by atoms with Gasteiger partial charge in [-0.2, -0.15) is 5.26 Å². The number of pyridine rings is 1. The number of ether oxygens (including phenoxy) is 2. The number of piperidine rings is 1. The maximum absolute atomic E-state index is 12.6. The van der Waals surface area contributed by atoms with Crippen LogP contribution in [0.4, 0.5) is 10.6 Å². The second-order valence-corrected chi connectivity index (χ2v) is 10.9. The molecule has 0 atom stereocenters. The van der Waals surface area contributed by atoms with Gasteiger partial charge in [-0.3, -0.25) is 4.40 Å². The van der Waals surface area contributed by atoms with Crippen LogP contribution in [0.5, 0.6) is 0 Å². The average molecular weight is 554 g/mol. The number of esters is 1. The Labute approximate surface area is 232 Å². The Morgan fingerprint density at radius 2 is 1.97 bits per heavy atom. The number of anilines is 1. The maximum Gasteiger partial charge on any atom is 0.410 e. The minimum Gasteiger partial charge on any atom is -0.461 e. The molecule has 0 saturated carbocycles. The van der Waals surface area contributed by atoms with Crippen molar-refractivity contribution in [3.05, 3.63) is 41.1 Å². The summed E-state index contributed by atoms with van der Waals surface area (Å²) >= 11 is 6.13. The standard InChI is InChI=1S/C27H32ClN7O4/c1-6-38-24(36)21-17(2)35-14-19(18-7-10-30-20(28)13-18)32-22(23(35)33-21)31-16-27(15-29)8-11-34(12-9-27)25(37)39-26(3,4)5/h7,10,13-14H,6,8-9,11-12,16H2,1-5H3,(H,31,32). The fourth-order valence-corrected chi connectivity index (χ4v) is 4.57. The van der Waals surface area contributed by atoms with E-state index in [0.717, 1.165) is 5.56 Å². The molecular weight excluding hydrogens is 522 g/mol. The number of carbonyl (C=O) groups is 2. The summed E-state index contributed by atoms with van der Waals surface area (Å²) in [6.45, 7) is 10.3. The van der Waals surface area contributed by atoms with Gasteiger partial charge in [0.15, 0.2) is 17.2 Å². The van der Waals surface area contributed by atoms with E-state index in [1.165, 1.54) is 0 Å². The lowest BCUT2D eigenvalue weighted by Gasteiger charge is -2.37. The Hall–Kier alpha value is -3.91. The predicted molar refractivity (Wildman–Crippen MR) is 145 cm³/mol. The Morgan fingerprint density at radius 3 is 2.59 bits per heavy atom. The third kappa shape index (κ3) is 6.23. The van der Waals surface area contributed by atoms with Crippen molar-refractivity contribution in [1.29, 1.82) is 5.26 Å². The highest BCUT2D eigenvalue weighted by atomic mass is 35.5. The highest BCUT2D eigenvalue weighted by Gasteiger charge is 2.37. The molecule has 0 aliphatic carbocycles. The van der Waals surface area contributed by atoms with Gasteiger partial charge in [0.1, 0.15) is 10.8 Å². The molecule has 11 nitrogen and oxygen atoms in total. The third-order valence-electron chi connectivity index (χ3n) is 6.54. The van der Waals surface area contributed by atoms with Gasteiger partial charge in [0.25, 0.3) is 0 Å². The Bertz CT molecular complexity index is 1430. The van der Waals surface area contributed by atoms with Gasteiger partial charge in [0, 0.05) is 37.6 Å². The topological polar surface area (TPSA) is 135 Å². The summed E-state index contributed by atoms with van der Waals surface area (Å²) in [6, 6.07) is 5.93. The van der Waals surface area contributed by atoms with Crippen molar-refractivity contribution in [2.24, 2.45) is 5.41 Å². The number of rotatable bonds is 6. The van der Waals surface area contributed by atoms with Crippen LogP contribution in [-0.2, 0) is 9.47 Å². The Balaban J connectivity index is 1.64. The van der Waals surface area contributed by atoms with E-state index in [1.807, 2.05) is 20.8 Å². The molecule has 0 unspecified atom stereocenters. The number of fused-ring (bicyclic) bond motifs is 1. The van der Waals surface area contributed by atoms with Gasteiger partial charge >= 0.3 is 12.1 Å². The molecule has 3 aromatic heterocycles. The number of aryl methyl sites for hydroxylation is 1. The molecule has 0 aromatic carbocycles. The fourth-order valence-electron chi connectivity index (χ4n) is 4.40. The zero-order valence-electron chi connectivity index (χ0n) is 22.7. The van der Waals surface area contributed by atoms with E-state index < -0.39 is 17.0 Å². The average Bonchev–Trinajstić information content (AvgIpc) is 3.23. The van der Waals surface area contributed by atoms with Crippen molar-refractivity contribution < 1.29 is 19.1 Å². The summed E-state index contributed by atoms with van der Waals surface area (Å²) in [7, 11) is 0. The number of halogens is 1. The quantitative estimate of drug-likeness (QED) is 0.334. The summed E-state index contributed by atoms with van der Waals surface area (Å²) in [6.07, 6.45) is 3.91. The van der Waals surface area contributed by atoms with Crippen LogP contribution in [-0.4, -0.2) is 68.2 Å². The van der Waals surface area contributed by atoms with Gasteiger partial charge in [0.2, 0.25) is 0 Å². The normalized spacial score (nSPS) is 15.1. The van der Waals surface area contributed by atoms with E-state index in [1.54, 1.807) is 47.7 Å². The summed E-state index contributed by atoms with van der Waals surface area (Å²) in [5.41, 5.74) is 1.19. The van der Waals surface area contributed by atoms with Crippen LogP contribution in [0.25, 0.3) is 16.9 Å². The summed E-state index contributed by atoms with van der Waals surface area (Å²) < 4.78 is 12.4. The molecule has 1 saturated heterocycles. The first-order valence-corrected chi connectivity index (χ1v) is 13.1. The molecule has 1 aliphatic rings. The minimum absolute atomic E-state index is 0.187. The number of carbonyl (C=O) groups excluding carboxylic acids is 2. The Kier molecular flexibility index (Phi) is 7.97. The summed E-state index contributed by atoms with van der Waals surface area (Å²) in [5.74, 6) is -0.121. The van der Waals surface area contributed by atoms with Gasteiger partial charge < -0.3 is 19.7 Å². The number of aromatic nitrogens is 4. The fraction of sp³-hybridized carbons (Fsp3) is 0.481. The van der Waals surface area contributed by atoms with Crippen molar-refractivity contribution in [2.45, 2.75) is 53.1 Å². The predicted octanol–water partition coefficient (Wildman–Crippen LogP) is 4.88. The van der Waals surface area contributed by atoms with Crippen molar-refractivity contribution >= 4 is 35.1 Å². The van der Waals surface area contributed by atoms with Gasteiger partial charge in [-0.25, -0.2) is 24.5 Å². The monoisotopic (exact) mass is 553 g/mol. The number of likely N-dealkylation sites (tertiary alicyclic amines) is 1. The number of amides is 1. The summed E-state index contributed by atoms with van der Waals surface area (Å²) in [4.78, 5) is 40.1. The van der Waals surface area contributed by atoms with Gasteiger partial charge in [-0.05, 0) is 59.6 Å². The van der Waals surface area contributed by atoms with Crippen LogP contribution in [0.1, 0.15) is 56.7 Å². The van der Waals surface area contributed by atoms with Crippen LogP contribution in [0.3, 0.4) is 0 Å². The van der Waals surface area contributed by atoms with E-state index in [4.69, 9.17) is 26.1 Å². The van der Waals surface area contributed by atoms with Crippen molar-refractivity contribution in [3.8, 4) is 17.3 Å². The molecule has 4 rings (SSSR count). The molecule has 39 heavy (non-hydrogen) atoms. The van der Waals surface area contributed by atoms with Crippen LogP contribution in [0.15, 0.2) is 24.5 Å². The van der Waals surface area contributed by atoms with Gasteiger partial charge in [-0.1, -0.05) is 11.6 Å². The molecule has 0 radical (unpaired) electrons. The molecule has 1 aliphatic heterocycles. The van der Waals surface area contributed by atoms with E-state index in [0.29, 0.717) is 53.9 Å². The lowest BCUT2D eigenvalue weighted by atomic mass is 9.80. The molecule has 4 heterocycles. The number of imidazole rings is 1. The minimum atomic E-state index is -0.737. The Morgan fingerprint density at radius 1 is 1.26 bits per heavy atom. The first-order valence-electron chi connectivity index (χ1n) is 12.8. The first kappa shape index (κ1) is 28.1. The molecule has 0 bridgehead atoms. The third-order valence-corrected chi connectivity index (χ3v) is 6.75. The number of nitrogens with one attached hydrogen (secondary N) is 1. The number of nitrogens with zero attached hydrogens (tertiary/aromatic N) is 6. The zero-order chi connectivity index (χ0) is 28.4. The smallest absolute Gasteiger partial charge is 0.410 e. The van der Waals surface area contributed by atoms with Gasteiger partial charge in [-0.15, -0.1) is 0 Å². The number of hydrogen-bond donors (Lipinski definition) is 1. The van der Waals surface area contributed by atoms with Crippen LogP contribution < -0.4 is 5.32 Å². The van der Waals surface area contributed by atoms with Crippen LogP contribution in [0.2, 0.25) is 5.15 Å². The lowest BCUT2D eigenvalue weighted by molar-refractivity contribution is 0.0155. The molecule has 1 fully saturated rings. The van der Waals surface area contributed by atoms with Crippen molar-refractivity contribution in [2.75, 3.05) is 31.6 Å². The largest absolute Gasteiger partial charge is 0.461 e. The lowest BCUT2D eigenvalue weighted by Crippen LogP contribution is -2.46. The second-order valence-electron chi connectivity index (χ2n) is 10.5. The molecule has 1 N–H and O–H groups in total. The van der Waals surface area contributed by atoms with Crippen LogP contribution >= 0.6 is 11.6 Å². The first-order chi connectivity index (χ1) is 18.4. The van der Waals surface area contributed by atoms with E-state index in [9.17, 15) is 14.9 Å². The molecular formula is C27H32ClN7O4. The highest BCUT2D eigenvalue weighted by molar-refractivity contribution is 6.29. The maximum atomic E-state index is 12.6. The molecule has 3 aromatic rings. The van der Waals surface area contributed by atoms with E-state index in [-0.39, 0.29) is 24.9 Å².